The van der Waals surface area contributed by atoms with Gasteiger partial charge in [-0.3, -0.25) is 4.98 Å². The first-order valence-electron chi connectivity index (χ1n) is 6.34. The van der Waals surface area contributed by atoms with Crippen LogP contribution in [0.1, 0.15) is 23.9 Å². The van der Waals surface area contributed by atoms with Crippen molar-refractivity contribution in [1.82, 2.24) is 9.97 Å². The molecule has 98 valence electrons. The van der Waals surface area contributed by atoms with Gasteiger partial charge in [-0.25, -0.2) is 4.98 Å². The summed E-state index contributed by atoms with van der Waals surface area (Å²) in [7, 11) is 0. The van der Waals surface area contributed by atoms with E-state index in [2.05, 4.69) is 23.4 Å². The molecule has 2 N–H and O–H groups in total. The molecule has 19 heavy (non-hydrogen) atoms. The van der Waals surface area contributed by atoms with Crippen LogP contribution in [0.2, 0.25) is 0 Å². The van der Waals surface area contributed by atoms with Crippen molar-refractivity contribution in [2.24, 2.45) is 5.73 Å². The van der Waals surface area contributed by atoms with Gasteiger partial charge in [0.05, 0.1) is 15.9 Å². The Kier molecular flexibility index (Phi) is 3.59. The Morgan fingerprint density at radius 1 is 1.37 bits per heavy atom. The molecule has 0 radical (unpaired) electrons. The molecule has 0 aliphatic heterocycles. The van der Waals surface area contributed by atoms with E-state index >= 15 is 0 Å². The molecule has 0 aromatic carbocycles. The maximum atomic E-state index is 5.80. The van der Waals surface area contributed by atoms with Crippen LogP contribution in [-0.2, 0) is 13.0 Å². The lowest BCUT2D eigenvalue weighted by atomic mass is 10.2. The minimum Gasteiger partial charge on any atom is -0.326 e. The molecule has 3 aromatic heterocycles. The van der Waals surface area contributed by atoms with Crippen LogP contribution < -0.4 is 5.73 Å². The highest BCUT2D eigenvalue weighted by Crippen LogP contribution is 2.31. The number of thiophene rings is 1. The van der Waals surface area contributed by atoms with Crippen molar-refractivity contribution in [3.63, 3.8) is 0 Å². The van der Waals surface area contributed by atoms with Gasteiger partial charge in [-0.15, -0.1) is 22.7 Å². The van der Waals surface area contributed by atoms with Crippen LogP contribution in [0, 0.1) is 0 Å². The molecule has 3 rings (SSSR count). The van der Waals surface area contributed by atoms with E-state index in [4.69, 9.17) is 10.7 Å². The van der Waals surface area contributed by atoms with Crippen molar-refractivity contribution in [3.8, 4) is 10.6 Å². The average molecular weight is 289 g/mol. The number of thiazole rings is 1. The molecular weight excluding hydrogens is 274 g/mol. The molecule has 3 heterocycles. The van der Waals surface area contributed by atoms with Gasteiger partial charge in [0.1, 0.15) is 5.01 Å². The second-order valence-electron chi connectivity index (χ2n) is 4.37. The van der Waals surface area contributed by atoms with Crippen LogP contribution in [-0.4, -0.2) is 9.97 Å². The highest BCUT2D eigenvalue weighted by atomic mass is 32.1. The topological polar surface area (TPSA) is 51.8 Å². The summed E-state index contributed by atoms with van der Waals surface area (Å²) in [6, 6.07) is 4.21. The van der Waals surface area contributed by atoms with Crippen molar-refractivity contribution in [2.75, 3.05) is 0 Å². The number of hydrogen-bond donors (Lipinski definition) is 1. The van der Waals surface area contributed by atoms with E-state index in [9.17, 15) is 0 Å². The maximum Gasteiger partial charge on any atom is 0.125 e. The SMILES string of the molecule is CCCc1nc(-c2cnc3ccsc3c2)sc1CN. The number of hydrogen-bond acceptors (Lipinski definition) is 5. The van der Waals surface area contributed by atoms with Crippen LogP contribution in [0.25, 0.3) is 20.8 Å². The van der Waals surface area contributed by atoms with Crippen molar-refractivity contribution in [1.29, 1.82) is 0 Å². The van der Waals surface area contributed by atoms with Gasteiger partial charge in [-0.1, -0.05) is 13.3 Å². The molecular formula is C14H15N3S2. The standard InChI is InChI=1S/C14H15N3S2/c1-2-3-11-13(7-15)19-14(17-11)9-6-12-10(16-8-9)4-5-18-12/h4-6,8H,2-3,7,15H2,1H3. The molecule has 0 spiro atoms. The van der Waals surface area contributed by atoms with E-state index in [-0.39, 0.29) is 0 Å². The van der Waals surface area contributed by atoms with Crippen LogP contribution >= 0.6 is 22.7 Å². The van der Waals surface area contributed by atoms with E-state index in [0.717, 1.165) is 34.6 Å². The number of nitrogens with zero attached hydrogens (tertiary/aromatic N) is 2. The van der Waals surface area contributed by atoms with Gasteiger partial charge in [0, 0.05) is 23.2 Å². The summed E-state index contributed by atoms with van der Waals surface area (Å²) in [5.74, 6) is 0. The fourth-order valence-electron chi connectivity index (χ4n) is 2.06. The lowest BCUT2D eigenvalue weighted by molar-refractivity contribution is 0.872. The third-order valence-corrected chi connectivity index (χ3v) is 5.02. The lowest BCUT2D eigenvalue weighted by Crippen LogP contribution is -1.97. The second-order valence-corrected chi connectivity index (χ2v) is 6.40. The first-order valence-corrected chi connectivity index (χ1v) is 8.03. The van der Waals surface area contributed by atoms with Gasteiger partial charge in [-0.05, 0) is 23.9 Å². The van der Waals surface area contributed by atoms with E-state index in [0.29, 0.717) is 6.54 Å². The van der Waals surface area contributed by atoms with Crippen molar-refractivity contribution >= 4 is 32.9 Å². The molecule has 0 bridgehead atoms. The Bertz CT molecular complexity index is 700. The fraction of sp³-hybridized carbons (Fsp3) is 0.286. The lowest BCUT2D eigenvalue weighted by Gasteiger charge is -1.96. The molecule has 0 saturated heterocycles. The Morgan fingerprint density at radius 2 is 2.26 bits per heavy atom. The van der Waals surface area contributed by atoms with Gasteiger partial charge in [-0.2, -0.15) is 0 Å². The van der Waals surface area contributed by atoms with Gasteiger partial charge in [0.25, 0.3) is 0 Å². The molecule has 0 atom stereocenters. The maximum absolute atomic E-state index is 5.80. The molecule has 0 aliphatic carbocycles. The molecule has 0 aliphatic rings. The zero-order valence-corrected chi connectivity index (χ0v) is 12.4. The molecule has 0 fully saturated rings. The minimum absolute atomic E-state index is 0.571. The number of aryl methyl sites for hydroxylation is 1. The summed E-state index contributed by atoms with van der Waals surface area (Å²) >= 11 is 3.41. The molecule has 0 amide bonds. The molecule has 3 aromatic rings. The van der Waals surface area contributed by atoms with E-state index in [1.54, 1.807) is 22.7 Å². The Balaban J connectivity index is 2.04. The number of fused-ring (bicyclic) bond motifs is 1. The highest BCUT2D eigenvalue weighted by Gasteiger charge is 2.11. The van der Waals surface area contributed by atoms with Gasteiger partial charge in [0.2, 0.25) is 0 Å². The quantitative estimate of drug-likeness (QED) is 0.794. The largest absolute Gasteiger partial charge is 0.326 e. The fourth-order valence-corrected chi connectivity index (χ4v) is 3.81. The van der Waals surface area contributed by atoms with Crippen LogP contribution in [0.15, 0.2) is 23.7 Å². The summed E-state index contributed by atoms with van der Waals surface area (Å²) in [5.41, 5.74) is 9.10. The smallest absolute Gasteiger partial charge is 0.125 e. The summed E-state index contributed by atoms with van der Waals surface area (Å²) in [6.45, 7) is 2.74. The Hall–Kier alpha value is -1.30. The van der Waals surface area contributed by atoms with Crippen LogP contribution in [0.4, 0.5) is 0 Å². The van der Waals surface area contributed by atoms with Crippen molar-refractivity contribution < 1.29 is 0 Å². The molecule has 0 unspecified atom stereocenters. The van der Waals surface area contributed by atoms with E-state index < -0.39 is 0 Å². The van der Waals surface area contributed by atoms with Crippen molar-refractivity contribution in [3.05, 3.63) is 34.3 Å². The molecule has 5 heteroatoms. The van der Waals surface area contributed by atoms with E-state index in [1.165, 1.54) is 9.58 Å². The van der Waals surface area contributed by atoms with Gasteiger partial charge >= 0.3 is 0 Å². The predicted octanol–water partition coefficient (Wildman–Crippen LogP) is 3.83. The monoisotopic (exact) mass is 289 g/mol. The van der Waals surface area contributed by atoms with Crippen LogP contribution in [0.3, 0.4) is 0 Å². The zero-order valence-electron chi connectivity index (χ0n) is 10.7. The summed E-state index contributed by atoms with van der Waals surface area (Å²) in [5, 5.41) is 3.10. The third-order valence-electron chi connectivity index (χ3n) is 3.00. The van der Waals surface area contributed by atoms with Crippen LogP contribution in [0.5, 0.6) is 0 Å². The average Bonchev–Trinajstić information content (AvgIpc) is 3.04. The highest BCUT2D eigenvalue weighted by molar-refractivity contribution is 7.17. The van der Waals surface area contributed by atoms with Gasteiger partial charge < -0.3 is 5.73 Å². The van der Waals surface area contributed by atoms with Crippen molar-refractivity contribution in [2.45, 2.75) is 26.3 Å². The second kappa shape index (κ2) is 5.36. The molecule has 0 saturated carbocycles. The molecule has 3 nitrogen and oxygen atoms in total. The Labute approximate surface area is 120 Å². The first kappa shape index (κ1) is 12.7. The number of rotatable bonds is 4. The summed E-state index contributed by atoms with van der Waals surface area (Å²) < 4.78 is 1.21. The first-order chi connectivity index (χ1) is 9.31. The zero-order chi connectivity index (χ0) is 13.2. The Morgan fingerprint density at radius 3 is 3.05 bits per heavy atom. The number of nitrogens with two attached hydrogens (primary N) is 1. The van der Waals surface area contributed by atoms with Gasteiger partial charge in [0.15, 0.2) is 0 Å². The predicted molar refractivity (Wildman–Crippen MR) is 82.6 cm³/mol. The third kappa shape index (κ3) is 2.41. The number of pyridine rings is 1. The normalized spacial score (nSPS) is 11.3. The minimum atomic E-state index is 0.571. The summed E-state index contributed by atoms with van der Waals surface area (Å²) in [6.07, 6.45) is 4.00. The number of aromatic nitrogens is 2. The summed E-state index contributed by atoms with van der Waals surface area (Å²) in [4.78, 5) is 10.4. The van der Waals surface area contributed by atoms with E-state index in [1.807, 2.05) is 12.3 Å².